The van der Waals surface area contributed by atoms with Gasteiger partial charge in [-0.2, -0.15) is 5.10 Å². The number of amides is 1. The van der Waals surface area contributed by atoms with Gasteiger partial charge in [-0.05, 0) is 42.7 Å². The molecule has 9 heteroatoms. The first-order valence-corrected chi connectivity index (χ1v) is 12.2. The number of thioether (sulfide) groups is 1. The van der Waals surface area contributed by atoms with Gasteiger partial charge < -0.3 is 0 Å². The van der Waals surface area contributed by atoms with Crippen molar-refractivity contribution in [1.29, 1.82) is 0 Å². The summed E-state index contributed by atoms with van der Waals surface area (Å²) in [6, 6.07) is 7.34. The largest absolute Gasteiger partial charge is 0.272 e. The third kappa shape index (κ3) is 3.24. The van der Waals surface area contributed by atoms with Crippen LogP contribution in [-0.2, 0) is 11.3 Å². The molecule has 2 unspecified atom stereocenters. The summed E-state index contributed by atoms with van der Waals surface area (Å²) in [7, 11) is 0. The molecular weight excluding hydrogens is 436 g/mol. The maximum absolute atomic E-state index is 12.9. The summed E-state index contributed by atoms with van der Waals surface area (Å²) in [6.07, 6.45) is 4.97. The fourth-order valence-electron chi connectivity index (χ4n) is 5.51. The number of fused-ring (bicyclic) bond motifs is 5. The predicted molar refractivity (Wildman–Crippen MR) is 130 cm³/mol. The molecule has 2 fully saturated rings. The van der Waals surface area contributed by atoms with Gasteiger partial charge in [0.05, 0.1) is 16.7 Å². The van der Waals surface area contributed by atoms with Crippen LogP contribution in [-0.4, -0.2) is 36.5 Å². The van der Waals surface area contributed by atoms with Crippen molar-refractivity contribution in [2.75, 3.05) is 5.75 Å². The lowest BCUT2D eigenvalue weighted by Gasteiger charge is -2.34. The highest BCUT2D eigenvalue weighted by atomic mass is 32.2. The molecule has 2 aliphatic carbocycles. The third-order valence-corrected chi connectivity index (χ3v) is 8.88. The van der Waals surface area contributed by atoms with E-state index in [-0.39, 0.29) is 28.0 Å². The zero-order chi connectivity index (χ0) is 23.4. The molecule has 1 aromatic carbocycles. The van der Waals surface area contributed by atoms with E-state index in [9.17, 15) is 9.59 Å². The molecule has 172 valence electrons. The molecule has 1 amide bonds. The molecule has 2 bridgehead atoms. The Morgan fingerprint density at radius 3 is 2.82 bits per heavy atom. The van der Waals surface area contributed by atoms with Crippen LogP contribution in [0.4, 0.5) is 0 Å². The highest BCUT2D eigenvalue weighted by molar-refractivity contribution is 7.99. The zero-order valence-corrected chi connectivity index (χ0v) is 20.0. The Kier molecular flexibility index (Phi) is 5.19. The summed E-state index contributed by atoms with van der Waals surface area (Å²) in [6.45, 7) is 11.0. The van der Waals surface area contributed by atoms with E-state index in [1.54, 1.807) is 12.1 Å². The van der Waals surface area contributed by atoms with Crippen LogP contribution in [0.25, 0.3) is 16.7 Å². The van der Waals surface area contributed by atoms with E-state index in [0.29, 0.717) is 34.3 Å². The van der Waals surface area contributed by atoms with Crippen LogP contribution < -0.4 is 11.0 Å². The van der Waals surface area contributed by atoms with Crippen LogP contribution in [0, 0.1) is 16.7 Å². The Labute approximate surface area is 196 Å². The lowest BCUT2D eigenvalue weighted by atomic mass is 9.70. The average molecular weight is 465 g/mol. The number of benzene rings is 1. The van der Waals surface area contributed by atoms with E-state index in [4.69, 9.17) is 0 Å². The minimum Gasteiger partial charge on any atom is -0.272 e. The first-order valence-electron chi connectivity index (χ1n) is 11.2. The van der Waals surface area contributed by atoms with Gasteiger partial charge in [0.1, 0.15) is 0 Å². The molecule has 0 spiro atoms. The normalized spacial score (nSPS) is 24.7. The maximum atomic E-state index is 12.9. The van der Waals surface area contributed by atoms with E-state index in [2.05, 4.69) is 48.1 Å². The second-order valence-corrected chi connectivity index (χ2v) is 10.7. The number of rotatable bonds is 6. The van der Waals surface area contributed by atoms with Gasteiger partial charge in [0, 0.05) is 17.7 Å². The molecule has 3 aromatic rings. The van der Waals surface area contributed by atoms with Crippen LogP contribution in [0.2, 0.25) is 0 Å². The van der Waals surface area contributed by atoms with E-state index in [1.165, 1.54) is 22.7 Å². The van der Waals surface area contributed by atoms with Crippen LogP contribution in [0.15, 0.2) is 52.0 Å². The van der Waals surface area contributed by atoms with Gasteiger partial charge >= 0.3 is 0 Å². The smallest absolute Gasteiger partial charge is 0.263 e. The molecule has 2 aromatic heterocycles. The first-order chi connectivity index (χ1) is 15.8. The Bertz CT molecular complexity index is 1370. The van der Waals surface area contributed by atoms with Gasteiger partial charge in [0.15, 0.2) is 5.16 Å². The van der Waals surface area contributed by atoms with Crippen molar-refractivity contribution in [2.45, 2.75) is 51.7 Å². The molecule has 2 saturated carbocycles. The van der Waals surface area contributed by atoms with Crippen LogP contribution in [0.1, 0.15) is 40.0 Å². The number of para-hydroxylation sites is 1. The number of nitrogens with zero attached hydrogens (tertiary/aromatic N) is 5. The zero-order valence-electron chi connectivity index (χ0n) is 19.2. The second kappa shape index (κ2) is 7.83. The van der Waals surface area contributed by atoms with Gasteiger partial charge in [-0.15, -0.1) is 16.8 Å². The van der Waals surface area contributed by atoms with Crippen molar-refractivity contribution in [3.63, 3.8) is 0 Å². The minimum absolute atomic E-state index is 0.0506. The number of carbonyl (C=O) groups excluding carboxylic acids is 1. The van der Waals surface area contributed by atoms with E-state index < -0.39 is 0 Å². The molecule has 5 rings (SSSR count). The summed E-state index contributed by atoms with van der Waals surface area (Å²) in [5, 5.41) is 14.2. The number of hydrogen-bond acceptors (Lipinski definition) is 6. The Balaban J connectivity index is 1.38. The number of allylic oxidation sites excluding steroid dienone is 1. The summed E-state index contributed by atoms with van der Waals surface area (Å²) >= 11 is 1.28. The molecule has 1 N–H and O–H groups in total. The average Bonchev–Trinajstić information content (AvgIpc) is 3.38. The molecule has 0 saturated heterocycles. The molecule has 2 atom stereocenters. The molecule has 0 radical (unpaired) electrons. The van der Waals surface area contributed by atoms with Gasteiger partial charge in [-0.1, -0.05) is 50.7 Å². The quantitative estimate of drug-likeness (QED) is 0.341. The van der Waals surface area contributed by atoms with Gasteiger partial charge in [0.2, 0.25) is 5.78 Å². The highest BCUT2D eigenvalue weighted by Crippen LogP contribution is 2.63. The van der Waals surface area contributed by atoms with Crippen LogP contribution in [0.5, 0.6) is 0 Å². The van der Waals surface area contributed by atoms with E-state index >= 15 is 0 Å². The fourth-order valence-corrected chi connectivity index (χ4v) is 6.24. The van der Waals surface area contributed by atoms with Gasteiger partial charge in [-0.3, -0.25) is 18.6 Å². The first kappa shape index (κ1) is 21.9. The van der Waals surface area contributed by atoms with Crippen molar-refractivity contribution in [3.05, 3.63) is 47.3 Å². The monoisotopic (exact) mass is 464 g/mol. The summed E-state index contributed by atoms with van der Waals surface area (Å²) in [5.74, 6) is 1.03. The van der Waals surface area contributed by atoms with E-state index in [1.807, 2.05) is 22.6 Å². The summed E-state index contributed by atoms with van der Waals surface area (Å²) in [4.78, 5) is 25.5. The standard InChI is InChI=1S/C24H28N6O2S/c1-5-12-29-20(32)16-8-6-7-9-17(16)30-21(29)27-28-22(30)33-14-19(31)26-25-18-13-15-10-11-24(18,4)23(15,2)3/h5-9,15H,1,10-14H2,2-4H3,(H,26,31)/b25-18-. The summed E-state index contributed by atoms with van der Waals surface area (Å²) in [5.41, 5.74) is 4.71. The highest BCUT2D eigenvalue weighted by Gasteiger charge is 2.60. The number of aromatic nitrogens is 4. The molecule has 0 aliphatic heterocycles. The van der Waals surface area contributed by atoms with E-state index in [0.717, 1.165) is 18.6 Å². The fraction of sp³-hybridized carbons (Fsp3) is 0.458. The number of nitrogens with one attached hydrogen (secondary N) is 1. The minimum atomic E-state index is -0.183. The number of hydrogen-bond donors (Lipinski definition) is 1. The molecule has 2 aliphatic rings. The predicted octanol–water partition coefficient (Wildman–Crippen LogP) is 3.64. The maximum Gasteiger partial charge on any atom is 0.263 e. The SMILES string of the molecule is C=CCn1c(=O)c2ccccc2n2c(SCC(=O)N/N=C3/CC4CCC3(C)C4(C)C)nnc12. The third-order valence-electron chi connectivity index (χ3n) is 7.95. The lowest BCUT2D eigenvalue weighted by Crippen LogP contribution is -2.34. The van der Waals surface area contributed by atoms with Gasteiger partial charge in [-0.25, -0.2) is 5.43 Å². The van der Waals surface area contributed by atoms with Crippen molar-refractivity contribution in [1.82, 2.24) is 24.6 Å². The van der Waals surface area contributed by atoms with Gasteiger partial charge in [0.25, 0.3) is 11.5 Å². The van der Waals surface area contributed by atoms with Crippen LogP contribution in [0.3, 0.4) is 0 Å². The Hall–Kier alpha value is -2.94. The van der Waals surface area contributed by atoms with Crippen molar-refractivity contribution in [2.24, 2.45) is 21.8 Å². The topological polar surface area (TPSA) is 93.7 Å². The van der Waals surface area contributed by atoms with Crippen molar-refractivity contribution < 1.29 is 4.79 Å². The van der Waals surface area contributed by atoms with Crippen molar-refractivity contribution in [3.8, 4) is 0 Å². The van der Waals surface area contributed by atoms with Crippen molar-refractivity contribution >= 4 is 40.1 Å². The molecule has 2 heterocycles. The van der Waals surface area contributed by atoms with Crippen LogP contribution >= 0.6 is 11.8 Å². The second-order valence-electron chi connectivity index (χ2n) is 9.72. The lowest BCUT2D eigenvalue weighted by molar-refractivity contribution is -0.118. The Morgan fingerprint density at radius 2 is 2.12 bits per heavy atom. The molecule has 8 nitrogen and oxygen atoms in total. The summed E-state index contributed by atoms with van der Waals surface area (Å²) < 4.78 is 3.36. The molecule has 33 heavy (non-hydrogen) atoms. The Morgan fingerprint density at radius 1 is 1.33 bits per heavy atom. The number of carbonyl (C=O) groups is 1. The molecular formula is C24H28N6O2S. The number of hydrazone groups is 1.